The fraction of sp³-hybridized carbons (Fsp3) is 0.500. The lowest BCUT2D eigenvalue weighted by molar-refractivity contribution is -0.210. The molecule has 0 saturated carbocycles. The summed E-state index contributed by atoms with van der Waals surface area (Å²) in [5.74, 6) is -1.03. The van der Waals surface area contributed by atoms with E-state index in [0.717, 1.165) is 4.90 Å². The van der Waals surface area contributed by atoms with Gasteiger partial charge in [0.1, 0.15) is 48.2 Å². The number of benzene rings is 1. The fourth-order valence-electron chi connectivity index (χ4n) is 3.38. The maximum absolute atomic E-state index is 10.9. The van der Waals surface area contributed by atoms with Crippen LogP contribution in [0.3, 0.4) is 0 Å². The standard InChI is InChI=1S/C18H21N3O7S/c22-12-9-27-17-15(12)28-18(29-11-4-2-1-3-5-11)14(25)16(17)26-8-10-6-21(20-19-10)7-13(23)24/h1-6,12,14-18,22,25H,7-9H2,(H,23,24)/t12?,14?,15?,16?,17-,18-/m0/s1. The summed E-state index contributed by atoms with van der Waals surface area (Å²) in [4.78, 5) is 11.7. The number of aliphatic hydroxyl groups is 2. The second-order valence-corrected chi connectivity index (χ2v) is 8.00. The van der Waals surface area contributed by atoms with Gasteiger partial charge in [-0.05, 0) is 12.1 Å². The van der Waals surface area contributed by atoms with Gasteiger partial charge in [0.25, 0.3) is 0 Å². The molecule has 29 heavy (non-hydrogen) atoms. The molecule has 0 bridgehead atoms. The van der Waals surface area contributed by atoms with Crippen LogP contribution < -0.4 is 0 Å². The van der Waals surface area contributed by atoms with Crippen LogP contribution >= 0.6 is 11.8 Å². The Kier molecular flexibility index (Phi) is 6.13. The van der Waals surface area contributed by atoms with Gasteiger partial charge >= 0.3 is 5.97 Å². The third kappa shape index (κ3) is 4.60. The highest BCUT2D eigenvalue weighted by atomic mass is 32.2. The molecule has 2 fully saturated rings. The molecule has 2 aliphatic rings. The summed E-state index contributed by atoms with van der Waals surface area (Å²) < 4.78 is 18.6. The zero-order chi connectivity index (χ0) is 20.4. The van der Waals surface area contributed by atoms with Crippen LogP contribution in [0.1, 0.15) is 5.69 Å². The van der Waals surface area contributed by atoms with Crippen molar-refractivity contribution >= 4 is 17.7 Å². The van der Waals surface area contributed by atoms with Gasteiger partial charge in [0.15, 0.2) is 0 Å². The number of hydrogen-bond donors (Lipinski definition) is 3. The first kappa shape index (κ1) is 20.3. The molecule has 4 rings (SSSR count). The molecule has 4 unspecified atom stereocenters. The third-order valence-electron chi connectivity index (χ3n) is 4.70. The van der Waals surface area contributed by atoms with E-state index in [9.17, 15) is 15.0 Å². The molecule has 0 radical (unpaired) electrons. The molecule has 0 spiro atoms. The van der Waals surface area contributed by atoms with E-state index in [4.69, 9.17) is 19.3 Å². The first-order valence-corrected chi connectivity index (χ1v) is 9.96. The van der Waals surface area contributed by atoms with Crippen LogP contribution in [0.2, 0.25) is 0 Å². The quantitative estimate of drug-likeness (QED) is 0.553. The van der Waals surface area contributed by atoms with Gasteiger partial charge in [0, 0.05) is 4.90 Å². The lowest BCUT2D eigenvalue weighted by Gasteiger charge is -2.41. The lowest BCUT2D eigenvalue weighted by atomic mass is 9.98. The summed E-state index contributed by atoms with van der Waals surface area (Å²) in [7, 11) is 0. The van der Waals surface area contributed by atoms with Gasteiger partial charge in [0.05, 0.1) is 19.4 Å². The van der Waals surface area contributed by atoms with Gasteiger partial charge in [-0.1, -0.05) is 35.2 Å². The van der Waals surface area contributed by atoms with Crippen molar-refractivity contribution < 1.29 is 34.3 Å². The summed E-state index contributed by atoms with van der Waals surface area (Å²) in [6.07, 6.45) is -2.35. The monoisotopic (exact) mass is 423 g/mol. The molecule has 156 valence electrons. The average molecular weight is 423 g/mol. The Balaban J connectivity index is 1.46. The summed E-state index contributed by atoms with van der Waals surface area (Å²) >= 11 is 1.34. The Labute approximate surface area is 170 Å². The smallest absolute Gasteiger partial charge is 0.325 e. The molecule has 1 aromatic carbocycles. The number of ether oxygens (including phenoxy) is 3. The van der Waals surface area contributed by atoms with Crippen molar-refractivity contribution in [3.8, 4) is 0 Å². The molecular weight excluding hydrogens is 402 g/mol. The van der Waals surface area contributed by atoms with Crippen LogP contribution in [0.5, 0.6) is 0 Å². The second-order valence-electron chi connectivity index (χ2n) is 6.83. The zero-order valence-corrected chi connectivity index (χ0v) is 16.1. The minimum atomic E-state index is -1.03. The first-order valence-electron chi connectivity index (χ1n) is 9.08. The van der Waals surface area contributed by atoms with Crippen molar-refractivity contribution in [1.29, 1.82) is 0 Å². The van der Waals surface area contributed by atoms with Gasteiger partial charge in [-0.2, -0.15) is 0 Å². The number of aliphatic hydroxyl groups excluding tert-OH is 2. The number of nitrogens with zero attached hydrogens (tertiary/aromatic N) is 3. The van der Waals surface area contributed by atoms with Crippen molar-refractivity contribution in [2.24, 2.45) is 0 Å². The van der Waals surface area contributed by atoms with Gasteiger partial charge in [-0.3, -0.25) is 4.79 Å². The number of thioether (sulfide) groups is 1. The number of fused-ring (bicyclic) bond motifs is 1. The van der Waals surface area contributed by atoms with E-state index in [1.165, 1.54) is 22.6 Å². The Hall–Kier alpha value is -2.02. The highest BCUT2D eigenvalue weighted by Gasteiger charge is 2.52. The van der Waals surface area contributed by atoms with Crippen molar-refractivity contribution in [1.82, 2.24) is 15.0 Å². The number of rotatable bonds is 7. The van der Waals surface area contributed by atoms with Gasteiger partial charge in [0.2, 0.25) is 0 Å². The number of aliphatic carboxylic acids is 1. The predicted octanol–water partition coefficient (Wildman–Crippen LogP) is -0.114. The third-order valence-corrected chi connectivity index (χ3v) is 5.86. The lowest BCUT2D eigenvalue weighted by Crippen LogP contribution is -2.57. The van der Waals surface area contributed by atoms with E-state index in [-0.39, 0.29) is 19.8 Å². The maximum atomic E-state index is 10.9. The molecule has 3 heterocycles. The fourth-order valence-corrected chi connectivity index (χ4v) is 4.44. The number of hydrogen-bond acceptors (Lipinski definition) is 9. The minimum Gasteiger partial charge on any atom is -0.480 e. The minimum absolute atomic E-state index is 0.00669. The molecule has 3 N–H and O–H groups in total. The van der Waals surface area contributed by atoms with Crippen LogP contribution in [0, 0.1) is 0 Å². The number of carbonyl (C=O) groups is 1. The largest absolute Gasteiger partial charge is 0.480 e. The molecule has 2 saturated heterocycles. The van der Waals surface area contributed by atoms with E-state index >= 15 is 0 Å². The average Bonchev–Trinajstić information content (AvgIpc) is 3.29. The van der Waals surface area contributed by atoms with Crippen molar-refractivity contribution in [3.63, 3.8) is 0 Å². The van der Waals surface area contributed by atoms with Crippen LogP contribution in [0.4, 0.5) is 0 Å². The van der Waals surface area contributed by atoms with Crippen LogP contribution in [-0.2, 0) is 32.2 Å². The predicted molar refractivity (Wildman–Crippen MR) is 98.9 cm³/mol. The Morgan fingerprint density at radius 1 is 1.28 bits per heavy atom. The topological polar surface area (TPSA) is 136 Å². The van der Waals surface area contributed by atoms with Crippen LogP contribution in [0.15, 0.2) is 41.4 Å². The number of carboxylic acids is 1. The molecule has 1 aromatic heterocycles. The highest BCUT2D eigenvalue weighted by Crippen LogP contribution is 2.38. The molecule has 0 aliphatic carbocycles. The number of carboxylic acid groups (broad SMARTS) is 1. The zero-order valence-electron chi connectivity index (χ0n) is 15.3. The van der Waals surface area contributed by atoms with Crippen molar-refractivity contribution in [2.45, 2.75) is 54.0 Å². The Morgan fingerprint density at radius 3 is 2.83 bits per heavy atom. The Morgan fingerprint density at radius 2 is 2.07 bits per heavy atom. The van der Waals surface area contributed by atoms with Crippen molar-refractivity contribution in [2.75, 3.05) is 6.61 Å². The molecule has 10 nitrogen and oxygen atoms in total. The molecule has 2 aromatic rings. The first-order chi connectivity index (χ1) is 14.0. The van der Waals surface area contributed by atoms with Crippen LogP contribution in [0.25, 0.3) is 0 Å². The van der Waals surface area contributed by atoms with E-state index in [2.05, 4.69) is 10.3 Å². The van der Waals surface area contributed by atoms with E-state index < -0.39 is 41.9 Å². The van der Waals surface area contributed by atoms with E-state index in [0.29, 0.717) is 5.69 Å². The molecule has 6 atom stereocenters. The number of aromatic nitrogens is 3. The summed E-state index contributed by atoms with van der Waals surface area (Å²) in [5, 5.41) is 37.5. The summed E-state index contributed by atoms with van der Waals surface area (Å²) in [6.45, 7) is -0.200. The molecule has 11 heteroatoms. The molecule has 0 amide bonds. The second kappa shape index (κ2) is 8.78. The van der Waals surface area contributed by atoms with E-state index in [1.54, 1.807) is 0 Å². The normalized spacial score (nSPS) is 31.5. The summed E-state index contributed by atoms with van der Waals surface area (Å²) in [5.41, 5.74) is -0.227. The van der Waals surface area contributed by atoms with Gasteiger partial charge < -0.3 is 29.5 Å². The highest BCUT2D eigenvalue weighted by molar-refractivity contribution is 7.99. The SMILES string of the molecule is O=C(O)Cn1cc(COC2C(O)[C@H](Sc3ccccc3)OC3C(O)CO[C@@H]32)nn1. The van der Waals surface area contributed by atoms with E-state index in [1.807, 2.05) is 30.3 Å². The Bertz CT molecular complexity index is 836. The maximum Gasteiger partial charge on any atom is 0.325 e. The van der Waals surface area contributed by atoms with Gasteiger partial charge in [-0.15, -0.1) is 5.10 Å². The van der Waals surface area contributed by atoms with Gasteiger partial charge in [-0.25, -0.2) is 4.68 Å². The molecular formula is C18H21N3O7S. The summed E-state index contributed by atoms with van der Waals surface area (Å²) in [6, 6.07) is 9.50. The van der Waals surface area contributed by atoms with Crippen molar-refractivity contribution in [3.05, 3.63) is 42.2 Å². The van der Waals surface area contributed by atoms with Crippen LogP contribution in [-0.4, -0.2) is 78.8 Å². The molecule has 2 aliphatic heterocycles.